The summed E-state index contributed by atoms with van der Waals surface area (Å²) >= 11 is 0. The molecule has 2 aliphatic rings. The highest BCUT2D eigenvalue weighted by molar-refractivity contribution is 5.82. The van der Waals surface area contributed by atoms with Crippen LogP contribution in [-0.4, -0.2) is 15.5 Å². The highest BCUT2D eigenvalue weighted by Gasteiger charge is 2.38. The summed E-state index contributed by atoms with van der Waals surface area (Å²) in [5, 5.41) is 3.03. The molecule has 6 heteroatoms. The van der Waals surface area contributed by atoms with Gasteiger partial charge in [-0.05, 0) is 30.4 Å². The van der Waals surface area contributed by atoms with E-state index >= 15 is 0 Å². The first-order chi connectivity index (χ1) is 11.4. The quantitative estimate of drug-likeness (QED) is 0.925. The van der Waals surface area contributed by atoms with Crippen LogP contribution in [-0.2, 0) is 4.79 Å². The molecule has 1 amide bonds. The van der Waals surface area contributed by atoms with Crippen LogP contribution in [0.4, 0.5) is 0 Å². The van der Waals surface area contributed by atoms with Gasteiger partial charge in [0.15, 0.2) is 0 Å². The molecule has 128 valence electrons. The van der Waals surface area contributed by atoms with E-state index in [9.17, 15) is 9.59 Å². The number of hydrogen-bond donors (Lipinski definition) is 1. The fraction of sp³-hybridized carbons (Fsp3) is 0.500. The maximum atomic E-state index is 13.1. The fourth-order valence-electron chi connectivity index (χ4n) is 3.27. The maximum Gasteiger partial charge on any atom is 0.265 e. The third-order valence-corrected chi connectivity index (χ3v) is 4.29. The van der Waals surface area contributed by atoms with Crippen molar-refractivity contribution >= 4 is 12.0 Å². The van der Waals surface area contributed by atoms with Gasteiger partial charge in [-0.3, -0.25) is 14.2 Å². The van der Waals surface area contributed by atoms with E-state index in [-0.39, 0.29) is 23.4 Å². The molecule has 3 rings (SSSR count). The minimum atomic E-state index is -0.557. The van der Waals surface area contributed by atoms with Crippen LogP contribution in [0.2, 0.25) is 0 Å². The number of carbonyl (C=O) groups is 1. The summed E-state index contributed by atoms with van der Waals surface area (Å²) in [6, 6.07) is -0.844. The van der Waals surface area contributed by atoms with E-state index < -0.39 is 6.04 Å². The predicted octanol–water partition coefficient (Wildman–Crippen LogP) is 2.58. The Bertz CT molecular complexity index is 774. The summed E-state index contributed by atoms with van der Waals surface area (Å²) in [5.74, 6) is 1.09. The van der Waals surface area contributed by atoms with E-state index in [2.05, 4.69) is 24.1 Å². The smallest absolute Gasteiger partial charge is 0.265 e. The number of hydrogen-bond acceptors (Lipinski definition) is 4. The van der Waals surface area contributed by atoms with Crippen molar-refractivity contribution in [3.05, 3.63) is 40.2 Å². The Morgan fingerprint density at radius 3 is 2.67 bits per heavy atom. The van der Waals surface area contributed by atoms with E-state index in [4.69, 9.17) is 4.74 Å². The molecule has 6 nitrogen and oxygen atoms in total. The summed E-state index contributed by atoms with van der Waals surface area (Å²) in [4.78, 5) is 30.3. The number of ether oxygens (including phenoxy) is 1. The van der Waals surface area contributed by atoms with Crippen LogP contribution < -0.4 is 15.6 Å². The average Bonchev–Trinajstić information content (AvgIpc) is 2.73. The molecule has 1 aromatic heterocycles. The monoisotopic (exact) mass is 329 g/mol. The molecule has 2 unspecified atom stereocenters. The first kappa shape index (κ1) is 16.5. The molecule has 2 aliphatic heterocycles. The second-order valence-corrected chi connectivity index (χ2v) is 7.05. The zero-order chi connectivity index (χ0) is 17.4. The van der Waals surface area contributed by atoms with Crippen LogP contribution in [0, 0.1) is 11.8 Å². The zero-order valence-corrected chi connectivity index (χ0v) is 14.4. The van der Waals surface area contributed by atoms with Gasteiger partial charge in [0.1, 0.15) is 17.4 Å². The van der Waals surface area contributed by atoms with Gasteiger partial charge in [0.25, 0.3) is 5.56 Å². The molecule has 0 bridgehead atoms. The Kier molecular flexibility index (Phi) is 4.30. The SMILES string of the molecule is CC(C)CC1NC(=O)C(C(C)C)n2c1nc1c(c2=O)C=CC=CO1. The van der Waals surface area contributed by atoms with Gasteiger partial charge in [0.05, 0.1) is 12.3 Å². The molecule has 0 aromatic carbocycles. The van der Waals surface area contributed by atoms with E-state index in [1.165, 1.54) is 6.26 Å². The van der Waals surface area contributed by atoms with Crippen LogP contribution >= 0.6 is 0 Å². The zero-order valence-electron chi connectivity index (χ0n) is 14.4. The van der Waals surface area contributed by atoms with Gasteiger partial charge in [0.2, 0.25) is 11.8 Å². The van der Waals surface area contributed by atoms with Crippen LogP contribution in [0.15, 0.2) is 23.2 Å². The number of amides is 1. The molecule has 2 atom stereocenters. The van der Waals surface area contributed by atoms with E-state index in [1.807, 2.05) is 13.8 Å². The highest BCUT2D eigenvalue weighted by atomic mass is 16.5. The molecule has 0 fully saturated rings. The molecular formula is C18H23N3O3. The van der Waals surface area contributed by atoms with Crippen molar-refractivity contribution < 1.29 is 9.53 Å². The van der Waals surface area contributed by atoms with E-state index in [0.717, 1.165) is 0 Å². The first-order valence-corrected chi connectivity index (χ1v) is 8.36. The molecule has 0 aliphatic carbocycles. The third kappa shape index (κ3) is 2.77. The lowest BCUT2D eigenvalue weighted by atomic mass is 9.95. The largest absolute Gasteiger partial charge is 0.446 e. The summed E-state index contributed by atoms with van der Waals surface area (Å²) in [6.07, 6.45) is 7.35. The molecule has 3 heterocycles. The first-order valence-electron chi connectivity index (χ1n) is 8.36. The van der Waals surface area contributed by atoms with Crippen LogP contribution in [0.25, 0.3) is 6.08 Å². The molecule has 0 saturated heterocycles. The Morgan fingerprint density at radius 2 is 2.00 bits per heavy atom. The lowest BCUT2D eigenvalue weighted by molar-refractivity contribution is -0.128. The second kappa shape index (κ2) is 6.26. The Labute approximate surface area is 141 Å². The van der Waals surface area contributed by atoms with Gasteiger partial charge in [-0.25, -0.2) is 0 Å². The van der Waals surface area contributed by atoms with E-state index in [0.29, 0.717) is 29.6 Å². The lowest BCUT2D eigenvalue weighted by Crippen LogP contribution is -2.50. The maximum absolute atomic E-state index is 13.1. The molecule has 24 heavy (non-hydrogen) atoms. The van der Waals surface area contributed by atoms with Gasteiger partial charge in [-0.1, -0.05) is 33.8 Å². The van der Waals surface area contributed by atoms with Crippen molar-refractivity contribution in [2.24, 2.45) is 11.8 Å². The molecule has 1 N–H and O–H groups in total. The van der Waals surface area contributed by atoms with Gasteiger partial charge >= 0.3 is 0 Å². The van der Waals surface area contributed by atoms with Crippen LogP contribution in [0.5, 0.6) is 5.88 Å². The fourth-order valence-corrected chi connectivity index (χ4v) is 3.27. The Hall–Kier alpha value is -2.37. The van der Waals surface area contributed by atoms with Crippen molar-refractivity contribution in [3.8, 4) is 5.88 Å². The minimum Gasteiger partial charge on any atom is -0.446 e. The van der Waals surface area contributed by atoms with Crippen LogP contribution in [0.1, 0.15) is 57.6 Å². The number of rotatable bonds is 3. The normalized spacial score (nSPS) is 22.0. The molecule has 0 spiro atoms. The summed E-state index contributed by atoms with van der Waals surface area (Å²) in [7, 11) is 0. The summed E-state index contributed by atoms with van der Waals surface area (Å²) in [5.41, 5.74) is 0.157. The Morgan fingerprint density at radius 1 is 1.25 bits per heavy atom. The number of aromatic nitrogens is 2. The van der Waals surface area contributed by atoms with Crippen molar-refractivity contribution in [1.82, 2.24) is 14.9 Å². The number of fused-ring (bicyclic) bond motifs is 2. The van der Waals surface area contributed by atoms with Gasteiger partial charge < -0.3 is 10.1 Å². The summed E-state index contributed by atoms with van der Waals surface area (Å²) in [6.45, 7) is 8.02. The van der Waals surface area contributed by atoms with Crippen molar-refractivity contribution in [1.29, 1.82) is 0 Å². The Balaban J connectivity index is 2.24. The number of nitrogens with one attached hydrogen (secondary N) is 1. The third-order valence-electron chi connectivity index (χ3n) is 4.29. The average molecular weight is 329 g/mol. The molecule has 1 aromatic rings. The van der Waals surface area contributed by atoms with Crippen molar-refractivity contribution in [2.45, 2.75) is 46.2 Å². The lowest BCUT2D eigenvalue weighted by Gasteiger charge is -2.35. The molecular weight excluding hydrogens is 306 g/mol. The summed E-state index contributed by atoms with van der Waals surface area (Å²) < 4.78 is 7.05. The van der Waals surface area contributed by atoms with Gasteiger partial charge in [-0.2, -0.15) is 4.98 Å². The predicted molar refractivity (Wildman–Crippen MR) is 91.5 cm³/mol. The van der Waals surface area contributed by atoms with Crippen molar-refractivity contribution in [3.63, 3.8) is 0 Å². The number of carbonyl (C=O) groups excluding carboxylic acids is 1. The highest BCUT2D eigenvalue weighted by Crippen LogP contribution is 2.32. The second-order valence-electron chi connectivity index (χ2n) is 7.05. The topological polar surface area (TPSA) is 73.2 Å². The van der Waals surface area contributed by atoms with Crippen molar-refractivity contribution in [2.75, 3.05) is 0 Å². The van der Waals surface area contributed by atoms with Crippen LogP contribution in [0.3, 0.4) is 0 Å². The number of allylic oxidation sites excluding steroid dienone is 2. The standard InChI is InChI=1S/C18H23N3O3/c1-10(2)9-13-15-20-17-12(7-5-6-8-24-17)18(23)21(15)14(11(3)4)16(22)19-13/h5-8,10-11,13-14H,9H2,1-4H3,(H,19,22). The van der Waals surface area contributed by atoms with E-state index in [1.54, 1.807) is 22.8 Å². The van der Waals surface area contributed by atoms with Gasteiger partial charge in [-0.15, -0.1) is 0 Å². The molecule has 0 radical (unpaired) electrons. The molecule has 0 saturated carbocycles. The number of nitrogens with zero attached hydrogens (tertiary/aromatic N) is 2. The minimum absolute atomic E-state index is 0.0184. The van der Waals surface area contributed by atoms with Gasteiger partial charge in [0, 0.05) is 0 Å².